The zero-order chi connectivity index (χ0) is 19.4. The van der Waals surface area contributed by atoms with Crippen LogP contribution in [0.3, 0.4) is 0 Å². The van der Waals surface area contributed by atoms with Gasteiger partial charge in [-0.2, -0.15) is 0 Å². The first-order chi connectivity index (χ1) is 13.1. The zero-order valence-electron chi connectivity index (χ0n) is 15.3. The molecule has 0 aliphatic heterocycles. The van der Waals surface area contributed by atoms with Crippen LogP contribution in [0.4, 0.5) is 5.69 Å². The predicted molar refractivity (Wildman–Crippen MR) is 102 cm³/mol. The van der Waals surface area contributed by atoms with Crippen LogP contribution in [-0.2, 0) is 4.74 Å². The third-order valence-corrected chi connectivity index (χ3v) is 4.07. The molecule has 1 amide bonds. The molecular weight excluding hydrogens is 348 g/mol. The summed E-state index contributed by atoms with van der Waals surface area (Å²) in [5.41, 5.74) is 1.55. The van der Waals surface area contributed by atoms with Gasteiger partial charge in [0.25, 0.3) is 5.91 Å². The molecule has 3 aromatic rings. The van der Waals surface area contributed by atoms with E-state index in [0.717, 1.165) is 0 Å². The number of rotatable bonds is 6. The third kappa shape index (κ3) is 3.44. The van der Waals surface area contributed by atoms with Crippen molar-refractivity contribution >= 4 is 28.5 Å². The summed E-state index contributed by atoms with van der Waals surface area (Å²) >= 11 is 0. The molecule has 140 valence electrons. The van der Waals surface area contributed by atoms with Crippen molar-refractivity contribution in [1.29, 1.82) is 0 Å². The summed E-state index contributed by atoms with van der Waals surface area (Å²) in [6.07, 6.45) is 0. The molecule has 0 aliphatic carbocycles. The Bertz CT molecular complexity index is 993. The number of carbonyl (C=O) groups excluding carboxylic acids is 2. The van der Waals surface area contributed by atoms with Crippen molar-refractivity contribution in [3.8, 4) is 11.5 Å². The largest absolute Gasteiger partial charge is 0.493 e. The van der Waals surface area contributed by atoms with Crippen molar-refractivity contribution in [2.45, 2.75) is 6.92 Å². The van der Waals surface area contributed by atoms with Crippen LogP contribution in [0.1, 0.15) is 27.8 Å². The molecule has 0 spiro atoms. The average molecular weight is 368 g/mol. The molecule has 0 unspecified atom stereocenters. The minimum Gasteiger partial charge on any atom is -0.493 e. The van der Waals surface area contributed by atoms with Crippen LogP contribution in [0.25, 0.3) is 10.9 Å². The molecule has 1 heterocycles. The lowest BCUT2D eigenvalue weighted by Gasteiger charge is -2.13. The first-order valence-electron chi connectivity index (χ1n) is 8.40. The van der Waals surface area contributed by atoms with Gasteiger partial charge in [-0.3, -0.25) is 4.79 Å². The molecule has 0 aliphatic rings. The topological polar surface area (TPSA) is 89.7 Å². The molecule has 2 N–H and O–H groups in total. The molecule has 7 heteroatoms. The minimum absolute atomic E-state index is 0.188. The number of para-hydroxylation sites is 2. The third-order valence-electron chi connectivity index (χ3n) is 4.07. The van der Waals surface area contributed by atoms with Gasteiger partial charge in [-0.15, -0.1) is 0 Å². The van der Waals surface area contributed by atoms with Gasteiger partial charge in [0.05, 0.1) is 32.1 Å². The van der Waals surface area contributed by atoms with Crippen LogP contribution < -0.4 is 14.8 Å². The highest BCUT2D eigenvalue weighted by molar-refractivity contribution is 6.15. The molecule has 0 bridgehead atoms. The summed E-state index contributed by atoms with van der Waals surface area (Å²) in [5, 5.41) is 3.51. The number of benzene rings is 2. The monoisotopic (exact) mass is 368 g/mol. The van der Waals surface area contributed by atoms with Gasteiger partial charge < -0.3 is 24.5 Å². The Kier molecular flexibility index (Phi) is 5.30. The summed E-state index contributed by atoms with van der Waals surface area (Å²) in [7, 11) is 2.96. The number of aromatic amines is 1. The van der Waals surface area contributed by atoms with Crippen molar-refractivity contribution in [2.24, 2.45) is 0 Å². The number of hydrogen-bond donors (Lipinski definition) is 2. The molecule has 0 atom stereocenters. The fraction of sp³-hybridized carbons (Fsp3) is 0.200. The summed E-state index contributed by atoms with van der Waals surface area (Å²) in [4.78, 5) is 28.3. The van der Waals surface area contributed by atoms with Gasteiger partial charge in [0.2, 0.25) is 0 Å². The number of esters is 1. The number of hydrogen-bond acceptors (Lipinski definition) is 5. The minimum atomic E-state index is -0.540. The quantitative estimate of drug-likeness (QED) is 0.649. The van der Waals surface area contributed by atoms with Gasteiger partial charge in [-0.25, -0.2) is 4.79 Å². The second kappa shape index (κ2) is 7.82. The lowest BCUT2D eigenvalue weighted by Crippen LogP contribution is -2.16. The first-order valence-corrected chi connectivity index (χ1v) is 8.40. The molecular formula is C20H20N2O5. The highest BCUT2D eigenvalue weighted by Gasteiger charge is 2.23. The van der Waals surface area contributed by atoms with Crippen molar-refractivity contribution < 1.29 is 23.8 Å². The molecule has 1 aromatic heterocycles. The smallest absolute Gasteiger partial charge is 0.356 e. The second-order valence-electron chi connectivity index (χ2n) is 5.64. The molecule has 27 heavy (non-hydrogen) atoms. The second-order valence-corrected chi connectivity index (χ2v) is 5.64. The van der Waals surface area contributed by atoms with Crippen LogP contribution in [0.5, 0.6) is 11.5 Å². The van der Waals surface area contributed by atoms with Gasteiger partial charge in [-0.05, 0) is 25.1 Å². The first kappa shape index (κ1) is 18.3. The van der Waals surface area contributed by atoms with Crippen LogP contribution in [-0.4, -0.2) is 37.7 Å². The number of H-pyrrole nitrogens is 1. The molecule has 7 nitrogen and oxygen atoms in total. The lowest BCUT2D eigenvalue weighted by atomic mass is 10.1. The van der Waals surface area contributed by atoms with Crippen molar-refractivity contribution in [3.63, 3.8) is 0 Å². The predicted octanol–water partition coefficient (Wildman–Crippen LogP) is 3.61. The summed E-state index contributed by atoms with van der Waals surface area (Å²) < 4.78 is 15.7. The van der Waals surface area contributed by atoms with E-state index in [9.17, 15) is 9.59 Å². The van der Waals surface area contributed by atoms with E-state index in [1.807, 2.05) is 24.3 Å². The fourth-order valence-corrected chi connectivity index (χ4v) is 2.87. The summed E-state index contributed by atoms with van der Waals surface area (Å²) in [6.45, 7) is 1.95. The Morgan fingerprint density at radius 2 is 1.81 bits per heavy atom. The van der Waals surface area contributed by atoms with Gasteiger partial charge >= 0.3 is 5.97 Å². The van der Waals surface area contributed by atoms with E-state index < -0.39 is 11.9 Å². The van der Waals surface area contributed by atoms with E-state index in [1.165, 1.54) is 14.2 Å². The zero-order valence-corrected chi connectivity index (χ0v) is 15.3. The van der Waals surface area contributed by atoms with E-state index >= 15 is 0 Å². The molecule has 3 rings (SSSR count). The normalized spacial score (nSPS) is 10.5. The summed E-state index contributed by atoms with van der Waals surface area (Å²) in [5.74, 6) is -0.215. The van der Waals surface area contributed by atoms with E-state index in [-0.39, 0.29) is 17.9 Å². The Morgan fingerprint density at radius 1 is 1.04 bits per heavy atom. The molecule has 2 aromatic carbocycles. The van der Waals surface area contributed by atoms with Crippen LogP contribution >= 0.6 is 0 Å². The van der Waals surface area contributed by atoms with Gasteiger partial charge in [0.1, 0.15) is 5.69 Å². The Morgan fingerprint density at radius 3 is 2.52 bits per heavy atom. The molecule has 0 radical (unpaired) electrons. The molecule has 0 saturated heterocycles. The van der Waals surface area contributed by atoms with Crippen LogP contribution in [0.15, 0.2) is 42.5 Å². The number of ether oxygens (including phenoxy) is 3. The van der Waals surface area contributed by atoms with Gasteiger partial charge in [-0.1, -0.05) is 24.3 Å². The van der Waals surface area contributed by atoms with E-state index in [4.69, 9.17) is 14.2 Å². The number of fused-ring (bicyclic) bond motifs is 1. The maximum atomic E-state index is 12.9. The van der Waals surface area contributed by atoms with Crippen molar-refractivity contribution in [2.75, 3.05) is 26.1 Å². The highest BCUT2D eigenvalue weighted by atomic mass is 16.5. The SMILES string of the molecule is CCOC(=O)c1[nH]c2ccccc2c1NC(=O)c1cccc(OC)c1OC. The van der Waals surface area contributed by atoms with Crippen molar-refractivity contribution in [1.82, 2.24) is 4.98 Å². The molecule has 0 fully saturated rings. The number of carbonyl (C=O) groups is 2. The number of methoxy groups -OCH3 is 2. The highest BCUT2D eigenvalue weighted by Crippen LogP contribution is 2.33. The van der Waals surface area contributed by atoms with Crippen LogP contribution in [0, 0.1) is 0 Å². The number of anilines is 1. The van der Waals surface area contributed by atoms with Crippen LogP contribution in [0.2, 0.25) is 0 Å². The van der Waals surface area contributed by atoms with Gasteiger partial charge in [0, 0.05) is 10.9 Å². The van der Waals surface area contributed by atoms with E-state index in [0.29, 0.717) is 28.1 Å². The average Bonchev–Trinajstić information content (AvgIpc) is 3.06. The Hall–Kier alpha value is -3.48. The number of nitrogens with one attached hydrogen (secondary N) is 2. The van der Waals surface area contributed by atoms with Gasteiger partial charge in [0.15, 0.2) is 11.5 Å². The summed E-state index contributed by atoms with van der Waals surface area (Å²) in [6, 6.07) is 12.3. The number of amides is 1. The van der Waals surface area contributed by atoms with E-state index in [1.54, 1.807) is 25.1 Å². The maximum Gasteiger partial charge on any atom is 0.356 e. The molecule has 0 saturated carbocycles. The lowest BCUT2D eigenvalue weighted by molar-refractivity contribution is 0.0522. The van der Waals surface area contributed by atoms with E-state index in [2.05, 4.69) is 10.3 Å². The Balaban J connectivity index is 2.05. The Labute approximate surface area is 156 Å². The number of aromatic nitrogens is 1. The standard InChI is InChI=1S/C20H20N2O5/c1-4-27-20(24)17-16(12-8-5-6-10-14(12)21-17)22-19(23)13-9-7-11-15(25-2)18(13)26-3/h5-11,21H,4H2,1-3H3,(H,22,23). The maximum absolute atomic E-state index is 12.9. The fourth-order valence-electron chi connectivity index (χ4n) is 2.87. The van der Waals surface area contributed by atoms with Crippen molar-refractivity contribution in [3.05, 3.63) is 53.7 Å².